The maximum absolute atomic E-state index is 10.9. The number of aromatic amines is 1. The Bertz CT molecular complexity index is 538. The van der Waals surface area contributed by atoms with Gasteiger partial charge < -0.3 is 10.1 Å². The molecule has 0 unspecified atom stereocenters. The number of rotatable bonds is 2. The van der Waals surface area contributed by atoms with Gasteiger partial charge in [-0.05, 0) is 36.5 Å². The highest BCUT2D eigenvalue weighted by Crippen LogP contribution is 2.46. The molecule has 1 aliphatic rings. The summed E-state index contributed by atoms with van der Waals surface area (Å²) in [5, 5.41) is 10.6. The summed E-state index contributed by atoms with van der Waals surface area (Å²) in [6.45, 7) is 0. The molecule has 3 nitrogen and oxygen atoms in total. The molecule has 1 aromatic carbocycles. The lowest BCUT2D eigenvalue weighted by molar-refractivity contribution is 0.111. The quantitative estimate of drug-likeness (QED) is 0.733. The zero-order chi connectivity index (χ0) is 10.4. The molecule has 76 valence electrons. The van der Waals surface area contributed by atoms with Crippen LogP contribution in [0.25, 0.3) is 10.9 Å². The third kappa shape index (κ3) is 1.16. The van der Waals surface area contributed by atoms with Crippen molar-refractivity contribution in [2.45, 2.75) is 18.8 Å². The third-order valence-electron chi connectivity index (χ3n) is 2.97. The van der Waals surface area contributed by atoms with Gasteiger partial charge >= 0.3 is 0 Å². The maximum Gasteiger partial charge on any atom is 0.166 e. The van der Waals surface area contributed by atoms with Crippen molar-refractivity contribution in [3.05, 3.63) is 29.5 Å². The lowest BCUT2D eigenvalue weighted by atomic mass is 10.1. The van der Waals surface area contributed by atoms with Crippen LogP contribution >= 0.6 is 0 Å². The number of fused-ring (bicyclic) bond motifs is 1. The van der Waals surface area contributed by atoms with Crippen molar-refractivity contribution in [2.24, 2.45) is 0 Å². The van der Waals surface area contributed by atoms with E-state index in [4.69, 9.17) is 0 Å². The monoisotopic (exact) mass is 201 g/mol. The van der Waals surface area contributed by atoms with Crippen LogP contribution in [-0.2, 0) is 0 Å². The molecule has 0 atom stereocenters. The minimum Gasteiger partial charge on any atom is -0.507 e. The van der Waals surface area contributed by atoms with Crippen LogP contribution in [0.4, 0.5) is 0 Å². The Morgan fingerprint density at radius 2 is 2.20 bits per heavy atom. The molecule has 0 radical (unpaired) electrons. The first-order chi connectivity index (χ1) is 7.31. The van der Waals surface area contributed by atoms with Crippen LogP contribution in [0.3, 0.4) is 0 Å². The minimum absolute atomic E-state index is 0.263. The second-order valence-electron chi connectivity index (χ2n) is 4.04. The van der Waals surface area contributed by atoms with E-state index in [1.54, 1.807) is 12.1 Å². The van der Waals surface area contributed by atoms with Gasteiger partial charge in [0, 0.05) is 10.9 Å². The van der Waals surface area contributed by atoms with Gasteiger partial charge in [-0.3, -0.25) is 4.79 Å². The largest absolute Gasteiger partial charge is 0.507 e. The number of carbonyl (C=O) groups is 1. The Balaban J connectivity index is 2.40. The van der Waals surface area contributed by atoms with Crippen molar-refractivity contribution in [1.82, 2.24) is 4.98 Å². The lowest BCUT2D eigenvalue weighted by Gasteiger charge is -1.98. The Labute approximate surface area is 86.7 Å². The molecular weight excluding hydrogens is 190 g/mol. The number of hydrogen-bond donors (Lipinski definition) is 2. The average Bonchev–Trinajstić information content (AvgIpc) is 2.99. The summed E-state index contributed by atoms with van der Waals surface area (Å²) in [6.07, 6.45) is 3.07. The van der Waals surface area contributed by atoms with Crippen molar-refractivity contribution >= 4 is 17.2 Å². The van der Waals surface area contributed by atoms with Crippen molar-refractivity contribution in [3.8, 4) is 5.75 Å². The van der Waals surface area contributed by atoms with E-state index in [0.29, 0.717) is 11.6 Å². The molecule has 15 heavy (non-hydrogen) atoms. The van der Waals surface area contributed by atoms with Crippen molar-refractivity contribution in [3.63, 3.8) is 0 Å². The van der Waals surface area contributed by atoms with E-state index in [1.807, 2.05) is 6.07 Å². The van der Waals surface area contributed by atoms with Gasteiger partial charge in [0.1, 0.15) is 5.75 Å². The predicted octanol–water partition coefficient (Wildman–Crippen LogP) is 2.56. The third-order valence-corrected chi connectivity index (χ3v) is 2.97. The van der Waals surface area contributed by atoms with Gasteiger partial charge in [0.15, 0.2) is 6.29 Å². The normalized spacial score (nSPS) is 15.7. The number of hydrogen-bond acceptors (Lipinski definition) is 2. The maximum atomic E-state index is 10.9. The molecule has 2 N–H and O–H groups in total. The average molecular weight is 201 g/mol. The standard InChI is InChI=1S/C12H11NO2/c14-6-9-11(7-4-5-7)12-8(13-9)2-1-3-10(12)15/h1-3,6-7,13,15H,4-5H2. The zero-order valence-electron chi connectivity index (χ0n) is 8.16. The Hall–Kier alpha value is -1.77. The second-order valence-corrected chi connectivity index (χ2v) is 4.04. The van der Waals surface area contributed by atoms with E-state index in [2.05, 4.69) is 4.98 Å². The van der Waals surface area contributed by atoms with E-state index in [0.717, 1.165) is 35.6 Å². The number of phenols is 1. The fourth-order valence-electron chi connectivity index (χ4n) is 2.16. The molecular formula is C12H11NO2. The first-order valence-electron chi connectivity index (χ1n) is 5.10. The SMILES string of the molecule is O=Cc1[nH]c2cccc(O)c2c1C1CC1. The summed E-state index contributed by atoms with van der Waals surface area (Å²) in [5.41, 5.74) is 2.46. The molecule has 3 rings (SSSR count). The lowest BCUT2D eigenvalue weighted by Crippen LogP contribution is -1.86. The van der Waals surface area contributed by atoms with Crippen molar-refractivity contribution in [1.29, 1.82) is 0 Å². The number of phenolic OH excluding ortho intramolecular Hbond substituents is 1. The molecule has 0 spiro atoms. The summed E-state index contributed by atoms with van der Waals surface area (Å²) >= 11 is 0. The number of aldehydes is 1. The highest BCUT2D eigenvalue weighted by atomic mass is 16.3. The van der Waals surface area contributed by atoms with Crippen LogP contribution in [0.2, 0.25) is 0 Å². The molecule has 0 bridgehead atoms. The molecule has 3 heteroatoms. The van der Waals surface area contributed by atoms with Gasteiger partial charge in [-0.25, -0.2) is 0 Å². The van der Waals surface area contributed by atoms with Crippen LogP contribution in [0, 0.1) is 0 Å². The number of aromatic nitrogens is 1. The van der Waals surface area contributed by atoms with Gasteiger partial charge in [0.25, 0.3) is 0 Å². The molecule has 1 saturated carbocycles. The number of benzene rings is 1. The molecule has 1 aliphatic carbocycles. The summed E-state index contributed by atoms with van der Waals surface area (Å²) in [4.78, 5) is 14.0. The minimum atomic E-state index is 0.263. The highest BCUT2D eigenvalue weighted by Gasteiger charge is 2.30. The van der Waals surface area contributed by atoms with Crippen LogP contribution in [0.5, 0.6) is 5.75 Å². The topological polar surface area (TPSA) is 53.1 Å². The molecule has 0 saturated heterocycles. The van der Waals surface area contributed by atoms with Crippen molar-refractivity contribution in [2.75, 3.05) is 0 Å². The van der Waals surface area contributed by atoms with Gasteiger partial charge in [0.2, 0.25) is 0 Å². The first-order valence-corrected chi connectivity index (χ1v) is 5.10. The fraction of sp³-hybridized carbons (Fsp3) is 0.250. The predicted molar refractivity (Wildman–Crippen MR) is 57.3 cm³/mol. The zero-order valence-corrected chi connectivity index (χ0v) is 8.16. The van der Waals surface area contributed by atoms with Crippen molar-refractivity contribution < 1.29 is 9.90 Å². The van der Waals surface area contributed by atoms with E-state index in [1.165, 1.54) is 0 Å². The van der Waals surface area contributed by atoms with Crippen LogP contribution in [0.15, 0.2) is 18.2 Å². The Morgan fingerprint density at radius 3 is 2.87 bits per heavy atom. The summed E-state index contributed by atoms with van der Waals surface area (Å²) in [7, 11) is 0. The number of nitrogens with one attached hydrogen (secondary N) is 1. The molecule has 1 heterocycles. The fourth-order valence-corrected chi connectivity index (χ4v) is 2.16. The number of aromatic hydroxyl groups is 1. The molecule has 2 aromatic rings. The van der Waals surface area contributed by atoms with Gasteiger partial charge in [-0.15, -0.1) is 0 Å². The summed E-state index contributed by atoms with van der Waals surface area (Å²) in [5.74, 6) is 0.714. The van der Waals surface area contributed by atoms with E-state index in [-0.39, 0.29) is 5.75 Å². The van der Waals surface area contributed by atoms with Crippen LogP contribution in [-0.4, -0.2) is 16.4 Å². The Kier molecular flexibility index (Phi) is 1.63. The molecule has 1 aromatic heterocycles. The highest BCUT2D eigenvalue weighted by molar-refractivity contribution is 5.96. The van der Waals surface area contributed by atoms with Gasteiger partial charge in [-0.2, -0.15) is 0 Å². The smallest absolute Gasteiger partial charge is 0.166 e. The number of H-pyrrole nitrogens is 1. The summed E-state index contributed by atoms with van der Waals surface area (Å²) in [6, 6.07) is 5.32. The van der Waals surface area contributed by atoms with Gasteiger partial charge in [-0.1, -0.05) is 6.07 Å². The van der Waals surface area contributed by atoms with E-state index < -0.39 is 0 Å². The first kappa shape index (κ1) is 8.53. The second kappa shape index (κ2) is 2.86. The van der Waals surface area contributed by atoms with Crippen LogP contribution < -0.4 is 0 Å². The Morgan fingerprint density at radius 1 is 1.40 bits per heavy atom. The van der Waals surface area contributed by atoms with E-state index in [9.17, 15) is 9.90 Å². The molecule has 1 fully saturated rings. The van der Waals surface area contributed by atoms with Crippen LogP contribution in [0.1, 0.15) is 34.8 Å². The van der Waals surface area contributed by atoms with E-state index >= 15 is 0 Å². The molecule has 0 aliphatic heterocycles. The van der Waals surface area contributed by atoms with Gasteiger partial charge in [0.05, 0.1) is 5.69 Å². The number of carbonyl (C=O) groups excluding carboxylic acids is 1. The molecule has 0 amide bonds. The summed E-state index contributed by atoms with van der Waals surface area (Å²) < 4.78 is 0.